The van der Waals surface area contributed by atoms with Gasteiger partial charge >= 0.3 is 0 Å². The highest BCUT2D eigenvalue weighted by atomic mass is 16.3. The predicted octanol–water partition coefficient (Wildman–Crippen LogP) is 10.4. The normalized spacial score (nSPS) is 11.5. The zero-order chi connectivity index (χ0) is 26.6. The minimum atomic E-state index is 0.616. The van der Waals surface area contributed by atoms with Crippen molar-refractivity contribution >= 4 is 43.9 Å². The first-order valence-corrected chi connectivity index (χ1v) is 13.3. The van der Waals surface area contributed by atoms with Crippen molar-refractivity contribution in [2.75, 3.05) is 0 Å². The summed E-state index contributed by atoms with van der Waals surface area (Å²) in [5.41, 5.74) is 9.79. The minimum absolute atomic E-state index is 0.616. The summed E-state index contributed by atoms with van der Waals surface area (Å²) >= 11 is 0. The summed E-state index contributed by atoms with van der Waals surface area (Å²) in [6.07, 6.45) is 0. The molecule has 0 aliphatic heterocycles. The lowest BCUT2D eigenvalue weighted by Crippen LogP contribution is -1.93. The number of benzene rings is 6. The molecule has 40 heavy (non-hydrogen) atoms. The van der Waals surface area contributed by atoms with Crippen molar-refractivity contribution in [2.24, 2.45) is 0 Å². The van der Waals surface area contributed by atoms with E-state index in [1.54, 1.807) is 0 Å². The lowest BCUT2D eigenvalue weighted by atomic mass is 9.85. The molecule has 0 unspecified atom stereocenters. The Kier molecular flexibility index (Phi) is 4.89. The molecule has 0 fully saturated rings. The Morgan fingerprint density at radius 2 is 0.825 bits per heavy atom. The van der Waals surface area contributed by atoms with Gasteiger partial charge in [-0.25, -0.2) is 0 Å². The number of rotatable bonds is 3. The molecule has 186 valence electrons. The molecule has 3 nitrogen and oxygen atoms in total. The maximum Gasteiger partial charge on any atom is 0.143 e. The van der Waals surface area contributed by atoms with Crippen LogP contribution in [0.25, 0.3) is 77.3 Å². The summed E-state index contributed by atoms with van der Waals surface area (Å²) in [4.78, 5) is 0. The van der Waals surface area contributed by atoms with E-state index in [4.69, 9.17) is 8.83 Å². The fraction of sp³-hybridized carbons (Fsp3) is 0. The molecule has 0 saturated carbocycles. The Labute approximate surface area is 230 Å². The van der Waals surface area contributed by atoms with Gasteiger partial charge in [0.2, 0.25) is 0 Å². The van der Waals surface area contributed by atoms with Crippen LogP contribution in [0.1, 0.15) is 5.56 Å². The summed E-state index contributed by atoms with van der Waals surface area (Å²) < 4.78 is 12.9. The predicted molar refractivity (Wildman–Crippen MR) is 162 cm³/mol. The van der Waals surface area contributed by atoms with E-state index in [0.717, 1.165) is 77.3 Å². The lowest BCUT2D eigenvalue weighted by molar-refractivity contribution is 0.670. The van der Waals surface area contributed by atoms with Crippen LogP contribution in [0.15, 0.2) is 136 Å². The van der Waals surface area contributed by atoms with Crippen LogP contribution >= 0.6 is 0 Å². The summed E-state index contributed by atoms with van der Waals surface area (Å²) in [5.74, 6) is 0. The molecule has 2 aromatic heterocycles. The molecule has 0 N–H and O–H groups in total. The van der Waals surface area contributed by atoms with E-state index in [-0.39, 0.29) is 0 Å². The van der Waals surface area contributed by atoms with E-state index in [1.165, 1.54) is 0 Å². The van der Waals surface area contributed by atoms with Crippen LogP contribution in [0.5, 0.6) is 0 Å². The van der Waals surface area contributed by atoms with Crippen molar-refractivity contribution < 1.29 is 8.83 Å². The average molecular weight is 512 g/mol. The molecule has 2 heterocycles. The van der Waals surface area contributed by atoms with Crippen LogP contribution in [0.2, 0.25) is 0 Å². The summed E-state index contributed by atoms with van der Waals surface area (Å²) in [5, 5.41) is 14.5. The molecule has 0 bridgehead atoms. The zero-order valence-corrected chi connectivity index (χ0v) is 21.4. The second-order valence-corrected chi connectivity index (χ2v) is 9.95. The van der Waals surface area contributed by atoms with Crippen molar-refractivity contribution in [3.8, 4) is 39.4 Å². The number of nitrogens with zero attached hydrogens (tertiary/aromatic N) is 1. The first-order valence-electron chi connectivity index (χ1n) is 13.3. The third kappa shape index (κ3) is 3.24. The van der Waals surface area contributed by atoms with Gasteiger partial charge < -0.3 is 8.83 Å². The number of para-hydroxylation sites is 4. The second kappa shape index (κ2) is 8.73. The fourth-order valence-electron chi connectivity index (χ4n) is 6.01. The van der Waals surface area contributed by atoms with Crippen LogP contribution in [-0.4, -0.2) is 0 Å². The van der Waals surface area contributed by atoms with Gasteiger partial charge in [0.1, 0.15) is 22.3 Å². The summed E-state index contributed by atoms with van der Waals surface area (Å²) in [6, 6.07) is 45.3. The van der Waals surface area contributed by atoms with Crippen molar-refractivity contribution in [3.05, 3.63) is 133 Å². The maximum atomic E-state index is 10.1. The molecule has 8 rings (SSSR count). The van der Waals surface area contributed by atoms with Crippen LogP contribution < -0.4 is 0 Å². The van der Waals surface area contributed by atoms with Gasteiger partial charge in [0.05, 0.1) is 11.6 Å². The van der Waals surface area contributed by atoms with Gasteiger partial charge in [-0.05, 0) is 34.9 Å². The quantitative estimate of drug-likeness (QED) is 0.237. The molecule has 0 amide bonds. The summed E-state index contributed by atoms with van der Waals surface area (Å²) in [6.45, 7) is 0. The SMILES string of the molecule is N#Cc1ccccc1-c1c(-c2cccc3c2oc2ccccc23)cccc1-c1cccc2c1oc1ccccc12. The number of furan rings is 2. The largest absolute Gasteiger partial charge is 0.455 e. The zero-order valence-electron chi connectivity index (χ0n) is 21.4. The van der Waals surface area contributed by atoms with Crippen LogP contribution in [0.3, 0.4) is 0 Å². The molecule has 0 aliphatic rings. The molecule has 0 spiro atoms. The topological polar surface area (TPSA) is 50.1 Å². The van der Waals surface area contributed by atoms with Crippen LogP contribution in [-0.2, 0) is 0 Å². The Morgan fingerprint density at radius 1 is 0.400 bits per heavy atom. The van der Waals surface area contributed by atoms with Gasteiger partial charge in [-0.2, -0.15) is 5.26 Å². The minimum Gasteiger partial charge on any atom is -0.455 e. The lowest BCUT2D eigenvalue weighted by Gasteiger charge is -2.17. The molecule has 8 aromatic rings. The van der Waals surface area contributed by atoms with Gasteiger partial charge in [-0.15, -0.1) is 0 Å². The second-order valence-electron chi connectivity index (χ2n) is 9.95. The molecule has 0 aliphatic carbocycles. The van der Waals surface area contributed by atoms with Crippen LogP contribution in [0.4, 0.5) is 0 Å². The average Bonchev–Trinajstić information content (AvgIpc) is 3.59. The highest BCUT2D eigenvalue weighted by molar-refractivity contribution is 6.14. The molecule has 6 aromatic carbocycles. The van der Waals surface area contributed by atoms with Gasteiger partial charge in [-0.1, -0.05) is 109 Å². The van der Waals surface area contributed by atoms with E-state index < -0.39 is 0 Å². The van der Waals surface area contributed by atoms with E-state index >= 15 is 0 Å². The van der Waals surface area contributed by atoms with Crippen molar-refractivity contribution in [3.63, 3.8) is 0 Å². The number of fused-ring (bicyclic) bond motifs is 6. The molecular formula is C37H21NO2. The fourth-order valence-corrected chi connectivity index (χ4v) is 6.01. The Balaban J connectivity index is 1.50. The first-order chi connectivity index (χ1) is 19.8. The molecular weight excluding hydrogens is 490 g/mol. The maximum absolute atomic E-state index is 10.1. The van der Waals surface area contributed by atoms with Crippen LogP contribution in [0, 0.1) is 11.3 Å². The van der Waals surface area contributed by atoms with Gasteiger partial charge in [0.25, 0.3) is 0 Å². The smallest absolute Gasteiger partial charge is 0.143 e. The Morgan fingerprint density at radius 3 is 1.40 bits per heavy atom. The monoisotopic (exact) mass is 511 g/mol. The first kappa shape index (κ1) is 22.4. The molecule has 0 saturated heterocycles. The molecule has 0 radical (unpaired) electrons. The van der Waals surface area contributed by atoms with E-state index in [2.05, 4.69) is 72.8 Å². The molecule has 3 heteroatoms. The van der Waals surface area contributed by atoms with E-state index in [0.29, 0.717) is 5.56 Å². The van der Waals surface area contributed by atoms with Crippen molar-refractivity contribution in [2.45, 2.75) is 0 Å². The third-order valence-electron chi connectivity index (χ3n) is 7.77. The van der Waals surface area contributed by atoms with Gasteiger partial charge in [-0.3, -0.25) is 0 Å². The number of hydrogen-bond acceptors (Lipinski definition) is 3. The summed E-state index contributed by atoms with van der Waals surface area (Å²) in [7, 11) is 0. The van der Waals surface area contributed by atoms with Crippen molar-refractivity contribution in [1.82, 2.24) is 0 Å². The third-order valence-corrected chi connectivity index (χ3v) is 7.77. The number of hydrogen-bond donors (Lipinski definition) is 0. The highest BCUT2D eigenvalue weighted by Gasteiger charge is 2.22. The van der Waals surface area contributed by atoms with Gasteiger partial charge in [0, 0.05) is 38.2 Å². The van der Waals surface area contributed by atoms with Gasteiger partial charge in [0.15, 0.2) is 0 Å². The molecule has 0 atom stereocenters. The van der Waals surface area contributed by atoms with Crippen molar-refractivity contribution in [1.29, 1.82) is 5.26 Å². The number of nitriles is 1. The Hall–Kier alpha value is -5.59. The van der Waals surface area contributed by atoms with E-state index in [9.17, 15) is 5.26 Å². The Bertz CT molecular complexity index is 2160. The highest BCUT2D eigenvalue weighted by Crippen LogP contribution is 2.46. The standard InChI is InChI=1S/C37H21NO2/c38-22-23-10-1-2-11-24(23)35-27(31-18-8-16-29-25-12-3-5-20-33(25)39-36(29)31)14-7-15-28(35)32-19-9-17-30-26-13-4-6-21-34(26)40-37(30)32/h1-21H. The van der Waals surface area contributed by atoms with E-state index in [1.807, 2.05) is 60.7 Å².